The van der Waals surface area contributed by atoms with Crippen LogP contribution in [0.2, 0.25) is 0 Å². The number of carbonyl (C=O) groups is 2. The molecule has 0 spiro atoms. The van der Waals surface area contributed by atoms with E-state index >= 15 is 0 Å². The van der Waals surface area contributed by atoms with Gasteiger partial charge in [0.25, 0.3) is 0 Å². The van der Waals surface area contributed by atoms with E-state index in [2.05, 4.69) is 12.2 Å². The Hall–Kier alpha value is -1.30. The van der Waals surface area contributed by atoms with Crippen LogP contribution in [0, 0.1) is 5.92 Å². The fraction of sp³-hybridized carbons (Fsp3) is 0.867. The molecule has 2 rings (SSSR count). The molecule has 2 N–H and O–H groups in total. The number of amides is 2. The number of urea groups is 1. The van der Waals surface area contributed by atoms with E-state index in [-0.39, 0.29) is 18.7 Å². The number of hydrogen-bond acceptors (Lipinski definition) is 3. The average molecular weight is 298 g/mol. The molecule has 1 heterocycles. The van der Waals surface area contributed by atoms with Gasteiger partial charge in [-0.1, -0.05) is 26.2 Å². The van der Waals surface area contributed by atoms with Gasteiger partial charge in [0.2, 0.25) is 0 Å². The minimum Gasteiger partial charge on any atom is -0.480 e. The number of carboxylic acids is 1. The van der Waals surface area contributed by atoms with Gasteiger partial charge in [0.05, 0.1) is 13.1 Å². The summed E-state index contributed by atoms with van der Waals surface area (Å²) in [5.41, 5.74) is -0.523. The minimum absolute atomic E-state index is 0.0508. The number of likely N-dealkylation sites (tertiary alicyclic amines) is 1. The molecule has 120 valence electrons. The molecule has 6 nitrogen and oxygen atoms in total. The third kappa shape index (κ3) is 4.33. The van der Waals surface area contributed by atoms with Crippen molar-refractivity contribution in [2.45, 2.75) is 57.6 Å². The molecule has 6 heteroatoms. The van der Waals surface area contributed by atoms with Crippen LogP contribution in [0.3, 0.4) is 0 Å². The van der Waals surface area contributed by atoms with Crippen LogP contribution in [-0.2, 0) is 9.53 Å². The van der Waals surface area contributed by atoms with Crippen molar-refractivity contribution in [2.24, 2.45) is 5.92 Å². The van der Waals surface area contributed by atoms with E-state index in [0.717, 1.165) is 6.42 Å². The predicted octanol–water partition coefficient (Wildman–Crippen LogP) is 1.84. The first-order chi connectivity index (χ1) is 9.89. The molecule has 2 unspecified atom stereocenters. The lowest BCUT2D eigenvalue weighted by molar-refractivity contribution is -0.159. The number of hydrogen-bond donors (Lipinski definition) is 2. The summed E-state index contributed by atoms with van der Waals surface area (Å²) < 4.78 is 5.32. The normalized spacial score (nSPS) is 28.4. The summed E-state index contributed by atoms with van der Waals surface area (Å²) in [5, 5.41) is 11.8. The van der Waals surface area contributed by atoms with Gasteiger partial charge in [-0.25, -0.2) is 9.59 Å². The first-order valence-electron chi connectivity index (χ1n) is 7.81. The van der Waals surface area contributed by atoms with Crippen molar-refractivity contribution in [1.82, 2.24) is 10.2 Å². The van der Waals surface area contributed by atoms with Gasteiger partial charge in [0.15, 0.2) is 0 Å². The van der Waals surface area contributed by atoms with Gasteiger partial charge in [-0.15, -0.1) is 0 Å². The molecule has 2 fully saturated rings. The zero-order valence-electron chi connectivity index (χ0n) is 12.9. The van der Waals surface area contributed by atoms with Gasteiger partial charge < -0.3 is 20.1 Å². The smallest absolute Gasteiger partial charge is 0.329 e. The van der Waals surface area contributed by atoms with Crippen LogP contribution < -0.4 is 5.32 Å². The number of nitrogens with zero attached hydrogens (tertiary/aromatic N) is 1. The van der Waals surface area contributed by atoms with Crippen LogP contribution in [0.4, 0.5) is 4.79 Å². The minimum atomic E-state index is -0.980. The number of aliphatic carboxylic acids is 1. The second kappa shape index (κ2) is 6.64. The van der Waals surface area contributed by atoms with E-state index in [1.807, 2.05) is 6.92 Å². The van der Waals surface area contributed by atoms with E-state index in [1.165, 1.54) is 25.7 Å². The quantitative estimate of drug-likeness (QED) is 0.776. The maximum atomic E-state index is 12.2. The first kappa shape index (κ1) is 16.1. The SMILES string of the molecule is CC1CCCCCC1NC(=O)N1CC(C)(OCC(=O)O)C1. The fourth-order valence-corrected chi connectivity index (χ4v) is 3.19. The molecule has 0 aromatic rings. The molecule has 2 aliphatic rings. The highest BCUT2D eigenvalue weighted by atomic mass is 16.5. The standard InChI is InChI=1S/C15H26N2O4/c1-11-6-4-3-5-7-12(11)16-14(20)17-9-15(2,10-17)21-8-13(18)19/h11-12H,3-10H2,1-2H3,(H,16,20)(H,18,19). The van der Waals surface area contributed by atoms with Crippen LogP contribution in [0.15, 0.2) is 0 Å². The van der Waals surface area contributed by atoms with Crippen LogP contribution in [0.1, 0.15) is 46.0 Å². The molecular formula is C15H26N2O4. The van der Waals surface area contributed by atoms with E-state index in [0.29, 0.717) is 19.0 Å². The van der Waals surface area contributed by atoms with Crippen molar-refractivity contribution >= 4 is 12.0 Å². The van der Waals surface area contributed by atoms with E-state index in [9.17, 15) is 9.59 Å². The van der Waals surface area contributed by atoms with Crippen molar-refractivity contribution in [3.63, 3.8) is 0 Å². The summed E-state index contributed by atoms with van der Waals surface area (Å²) in [6.45, 7) is 4.63. The van der Waals surface area contributed by atoms with Crippen molar-refractivity contribution in [1.29, 1.82) is 0 Å². The van der Waals surface area contributed by atoms with E-state index in [4.69, 9.17) is 9.84 Å². The third-order valence-corrected chi connectivity index (χ3v) is 4.55. The summed E-state index contributed by atoms with van der Waals surface area (Å²) in [5.74, 6) is -0.459. The molecule has 1 aliphatic heterocycles. The highest BCUT2D eigenvalue weighted by Crippen LogP contribution is 2.26. The van der Waals surface area contributed by atoms with E-state index < -0.39 is 11.6 Å². The number of rotatable bonds is 4. The molecule has 1 saturated heterocycles. The molecule has 0 aromatic heterocycles. The molecule has 2 atom stereocenters. The van der Waals surface area contributed by atoms with Crippen LogP contribution in [0.5, 0.6) is 0 Å². The van der Waals surface area contributed by atoms with Gasteiger partial charge in [-0.3, -0.25) is 0 Å². The Morgan fingerprint density at radius 2 is 1.95 bits per heavy atom. The second-order valence-electron chi connectivity index (χ2n) is 6.66. The zero-order chi connectivity index (χ0) is 15.5. The summed E-state index contributed by atoms with van der Waals surface area (Å²) in [4.78, 5) is 24.4. The molecule has 1 saturated carbocycles. The number of carbonyl (C=O) groups excluding carboxylic acids is 1. The monoisotopic (exact) mass is 298 g/mol. The Bertz CT molecular complexity index is 393. The maximum absolute atomic E-state index is 12.2. The zero-order valence-corrected chi connectivity index (χ0v) is 12.9. The summed E-state index contributed by atoms with van der Waals surface area (Å²) in [7, 11) is 0. The van der Waals surface area contributed by atoms with Gasteiger partial charge in [0.1, 0.15) is 12.2 Å². The summed E-state index contributed by atoms with van der Waals surface area (Å²) in [6, 6.07) is 0.206. The van der Waals surface area contributed by atoms with Crippen LogP contribution in [0.25, 0.3) is 0 Å². The lowest BCUT2D eigenvalue weighted by atomic mass is 9.95. The lowest BCUT2D eigenvalue weighted by Crippen LogP contribution is -2.66. The van der Waals surface area contributed by atoms with Crippen LogP contribution in [-0.4, -0.2) is 53.3 Å². The topological polar surface area (TPSA) is 78.9 Å². The summed E-state index contributed by atoms with van der Waals surface area (Å²) in [6.07, 6.45) is 5.90. The Morgan fingerprint density at radius 3 is 2.62 bits per heavy atom. The molecule has 0 bridgehead atoms. The number of ether oxygens (including phenoxy) is 1. The Balaban J connectivity index is 1.76. The van der Waals surface area contributed by atoms with Gasteiger partial charge in [0, 0.05) is 6.04 Å². The number of carboxylic acid groups (broad SMARTS) is 1. The van der Waals surface area contributed by atoms with Gasteiger partial charge >= 0.3 is 12.0 Å². The summed E-state index contributed by atoms with van der Waals surface area (Å²) >= 11 is 0. The van der Waals surface area contributed by atoms with Gasteiger partial charge in [-0.05, 0) is 25.7 Å². The van der Waals surface area contributed by atoms with Crippen LogP contribution >= 0.6 is 0 Å². The molecule has 2 amide bonds. The lowest BCUT2D eigenvalue weighted by Gasteiger charge is -2.47. The maximum Gasteiger partial charge on any atom is 0.329 e. The molecule has 1 aliphatic carbocycles. The van der Waals surface area contributed by atoms with E-state index in [1.54, 1.807) is 4.90 Å². The largest absolute Gasteiger partial charge is 0.480 e. The van der Waals surface area contributed by atoms with Gasteiger partial charge in [-0.2, -0.15) is 0 Å². The predicted molar refractivity (Wildman–Crippen MR) is 78.1 cm³/mol. The molecule has 0 aromatic carbocycles. The van der Waals surface area contributed by atoms with Crippen molar-refractivity contribution in [3.8, 4) is 0 Å². The molecule has 21 heavy (non-hydrogen) atoms. The van der Waals surface area contributed by atoms with Crippen molar-refractivity contribution in [3.05, 3.63) is 0 Å². The Morgan fingerprint density at radius 1 is 1.29 bits per heavy atom. The number of nitrogens with one attached hydrogen (secondary N) is 1. The Kier molecular flexibility index (Phi) is 5.08. The third-order valence-electron chi connectivity index (χ3n) is 4.55. The average Bonchev–Trinajstić information content (AvgIpc) is 2.58. The van der Waals surface area contributed by atoms with Crippen molar-refractivity contribution in [2.75, 3.05) is 19.7 Å². The second-order valence-corrected chi connectivity index (χ2v) is 6.66. The first-order valence-corrected chi connectivity index (χ1v) is 7.81. The van der Waals surface area contributed by atoms with Crippen molar-refractivity contribution < 1.29 is 19.4 Å². The highest BCUT2D eigenvalue weighted by Gasteiger charge is 2.43. The molecule has 0 radical (unpaired) electrons. The Labute approximate surface area is 125 Å². The fourth-order valence-electron chi connectivity index (χ4n) is 3.19. The highest BCUT2D eigenvalue weighted by molar-refractivity contribution is 5.76. The molecular weight excluding hydrogens is 272 g/mol.